The molecule has 0 aliphatic carbocycles. The lowest BCUT2D eigenvalue weighted by Crippen LogP contribution is -2.50. The van der Waals surface area contributed by atoms with Crippen molar-refractivity contribution in [3.05, 3.63) is 53.6 Å². The lowest BCUT2D eigenvalue weighted by atomic mass is 9.54. The van der Waals surface area contributed by atoms with E-state index in [9.17, 15) is 42.1 Å². The van der Waals surface area contributed by atoms with Gasteiger partial charge in [-0.15, -0.1) is 0 Å². The standard InChI is InChI=1S/C35H47F5O5/c1-4-6-7-8-9-10-13-28(33(5-2,31(43)44)20-11-12-21-34(36,37)35(38,39)40)30-27-19-18-26(42)22-29(27)45-23-32(30,3)24-14-16-25(41)17-15-24/h14-19,22,28,30,41-42H,4-13,20-21,23H2,1-3H3,(H,43,44). The zero-order chi connectivity index (χ0) is 33.5. The summed E-state index contributed by atoms with van der Waals surface area (Å²) in [6, 6.07) is 11.4. The van der Waals surface area contributed by atoms with E-state index in [4.69, 9.17) is 4.74 Å². The van der Waals surface area contributed by atoms with E-state index < -0.39 is 53.6 Å². The minimum atomic E-state index is -5.66. The average Bonchev–Trinajstić information content (AvgIpc) is 2.97. The van der Waals surface area contributed by atoms with Gasteiger partial charge in [-0.25, -0.2) is 0 Å². The third kappa shape index (κ3) is 8.22. The van der Waals surface area contributed by atoms with Gasteiger partial charge in [-0.2, -0.15) is 22.0 Å². The summed E-state index contributed by atoms with van der Waals surface area (Å²) in [6.45, 7) is 5.97. The van der Waals surface area contributed by atoms with Crippen LogP contribution in [0.3, 0.4) is 0 Å². The van der Waals surface area contributed by atoms with Crippen molar-refractivity contribution in [1.82, 2.24) is 0 Å². The van der Waals surface area contributed by atoms with Gasteiger partial charge in [-0.3, -0.25) is 4.79 Å². The van der Waals surface area contributed by atoms with Crippen LogP contribution >= 0.6 is 0 Å². The first kappa shape index (κ1) is 36.4. The van der Waals surface area contributed by atoms with Gasteiger partial charge in [-0.1, -0.05) is 83.9 Å². The van der Waals surface area contributed by atoms with E-state index in [2.05, 4.69) is 6.92 Å². The van der Waals surface area contributed by atoms with Crippen molar-refractivity contribution in [2.75, 3.05) is 6.61 Å². The largest absolute Gasteiger partial charge is 0.508 e. The van der Waals surface area contributed by atoms with E-state index in [0.29, 0.717) is 24.2 Å². The summed E-state index contributed by atoms with van der Waals surface area (Å²) in [4.78, 5) is 13.4. The highest BCUT2D eigenvalue weighted by atomic mass is 19.4. The summed E-state index contributed by atoms with van der Waals surface area (Å²) < 4.78 is 72.3. The SMILES string of the molecule is CCCCCCCCC(C1c2ccc(O)cc2OCC1(C)c1ccc(O)cc1)C(CC)(CCCCC(F)(F)C(F)(F)F)C(=O)O. The van der Waals surface area contributed by atoms with Crippen LogP contribution in [0.5, 0.6) is 17.2 Å². The Morgan fingerprint density at radius 3 is 2.09 bits per heavy atom. The number of benzene rings is 2. The third-order valence-electron chi connectivity index (χ3n) is 9.89. The van der Waals surface area contributed by atoms with Gasteiger partial charge >= 0.3 is 18.1 Å². The Kier molecular flexibility index (Phi) is 12.2. The molecular formula is C35H47F5O5. The second-order valence-electron chi connectivity index (χ2n) is 12.8. The molecule has 3 rings (SSSR count). The molecule has 10 heteroatoms. The lowest BCUT2D eigenvalue weighted by molar-refractivity contribution is -0.284. The molecule has 0 aromatic heterocycles. The topological polar surface area (TPSA) is 87.0 Å². The molecule has 0 saturated carbocycles. The highest BCUT2D eigenvalue weighted by molar-refractivity contribution is 5.75. The maximum Gasteiger partial charge on any atom is 0.453 e. The maximum atomic E-state index is 13.8. The van der Waals surface area contributed by atoms with E-state index >= 15 is 0 Å². The Labute approximate surface area is 262 Å². The molecular weight excluding hydrogens is 595 g/mol. The van der Waals surface area contributed by atoms with Crippen molar-refractivity contribution in [1.29, 1.82) is 0 Å². The van der Waals surface area contributed by atoms with Gasteiger partial charge in [0.2, 0.25) is 0 Å². The molecule has 0 radical (unpaired) electrons. The third-order valence-corrected chi connectivity index (χ3v) is 9.89. The van der Waals surface area contributed by atoms with Crippen molar-refractivity contribution < 1.29 is 46.8 Å². The summed E-state index contributed by atoms with van der Waals surface area (Å²) in [5, 5.41) is 31.2. The number of aliphatic carboxylic acids is 1. The van der Waals surface area contributed by atoms with Crippen molar-refractivity contribution in [3.8, 4) is 17.2 Å². The number of alkyl halides is 5. The number of unbranched alkanes of at least 4 members (excludes halogenated alkanes) is 6. The van der Waals surface area contributed by atoms with Crippen LogP contribution in [0, 0.1) is 11.3 Å². The Bertz CT molecular complexity index is 1250. The second kappa shape index (κ2) is 15.0. The monoisotopic (exact) mass is 642 g/mol. The number of carboxylic acids is 1. The molecule has 0 fully saturated rings. The molecule has 252 valence electrons. The van der Waals surface area contributed by atoms with Gasteiger partial charge in [-0.05, 0) is 60.9 Å². The Morgan fingerprint density at radius 1 is 0.889 bits per heavy atom. The fraction of sp³-hybridized carbons (Fsp3) is 0.629. The molecule has 4 atom stereocenters. The molecule has 1 aliphatic heterocycles. The van der Waals surface area contributed by atoms with Crippen LogP contribution in [0.1, 0.15) is 115 Å². The van der Waals surface area contributed by atoms with Crippen LogP contribution in [0.15, 0.2) is 42.5 Å². The van der Waals surface area contributed by atoms with Gasteiger partial charge in [0.05, 0.1) is 12.0 Å². The molecule has 2 aromatic rings. The fourth-order valence-electron chi connectivity index (χ4n) is 7.21. The lowest BCUT2D eigenvalue weighted by Gasteiger charge is -2.51. The smallest absolute Gasteiger partial charge is 0.453 e. The summed E-state index contributed by atoms with van der Waals surface area (Å²) in [5.74, 6) is -6.52. The number of aromatic hydroxyl groups is 2. The number of phenolic OH excluding ortho intramolecular Hbond substituents is 2. The molecule has 45 heavy (non-hydrogen) atoms. The van der Waals surface area contributed by atoms with E-state index in [0.717, 1.165) is 37.7 Å². The summed E-state index contributed by atoms with van der Waals surface area (Å²) in [7, 11) is 0. The van der Waals surface area contributed by atoms with Gasteiger partial charge in [0.15, 0.2) is 0 Å². The number of carboxylic acid groups (broad SMARTS) is 1. The molecule has 0 amide bonds. The highest BCUT2D eigenvalue weighted by Crippen LogP contribution is 2.58. The molecule has 3 N–H and O–H groups in total. The number of hydrogen-bond acceptors (Lipinski definition) is 4. The quantitative estimate of drug-likeness (QED) is 0.118. The van der Waals surface area contributed by atoms with Gasteiger partial charge in [0.25, 0.3) is 0 Å². The van der Waals surface area contributed by atoms with E-state index in [1.165, 1.54) is 12.1 Å². The number of halogens is 5. The molecule has 0 spiro atoms. The number of ether oxygens (including phenoxy) is 1. The molecule has 5 nitrogen and oxygen atoms in total. The minimum Gasteiger partial charge on any atom is -0.508 e. The Hall–Kier alpha value is -3.04. The zero-order valence-corrected chi connectivity index (χ0v) is 26.4. The molecule has 0 bridgehead atoms. The number of carbonyl (C=O) groups is 1. The van der Waals surface area contributed by atoms with Gasteiger partial charge in [0.1, 0.15) is 17.2 Å². The normalized spacial score (nSPS) is 20.6. The first-order valence-corrected chi connectivity index (χ1v) is 16.1. The fourth-order valence-corrected chi connectivity index (χ4v) is 7.21. The van der Waals surface area contributed by atoms with E-state index in [-0.39, 0.29) is 37.4 Å². The summed E-state index contributed by atoms with van der Waals surface area (Å²) in [6.07, 6.45) is -1.29. The zero-order valence-electron chi connectivity index (χ0n) is 26.4. The molecule has 0 saturated heterocycles. The van der Waals surface area contributed by atoms with Crippen LogP contribution in [-0.2, 0) is 10.2 Å². The number of fused-ring (bicyclic) bond motifs is 1. The van der Waals surface area contributed by atoms with Crippen LogP contribution < -0.4 is 4.74 Å². The first-order valence-electron chi connectivity index (χ1n) is 16.1. The number of rotatable bonds is 17. The Morgan fingerprint density at radius 2 is 1.49 bits per heavy atom. The van der Waals surface area contributed by atoms with E-state index in [1.807, 2.05) is 6.92 Å². The predicted molar refractivity (Wildman–Crippen MR) is 163 cm³/mol. The molecule has 4 unspecified atom stereocenters. The van der Waals surface area contributed by atoms with Crippen molar-refractivity contribution in [2.45, 2.75) is 121 Å². The summed E-state index contributed by atoms with van der Waals surface area (Å²) >= 11 is 0. The molecule has 1 heterocycles. The number of hydrogen-bond donors (Lipinski definition) is 3. The number of phenols is 2. The first-order chi connectivity index (χ1) is 21.1. The maximum absolute atomic E-state index is 13.8. The second-order valence-corrected chi connectivity index (χ2v) is 12.8. The average molecular weight is 643 g/mol. The predicted octanol–water partition coefficient (Wildman–Crippen LogP) is 10.1. The van der Waals surface area contributed by atoms with Crippen LogP contribution in [-0.4, -0.2) is 40.0 Å². The van der Waals surface area contributed by atoms with Gasteiger partial charge < -0.3 is 20.1 Å². The Balaban J connectivity index is 2.11. The van der Waals surface area contributed by atoms with Crippen molar-refractivity contribution in [3.63, 3.8) is 0 Å². The van der Waals surface area contributed by atoms with E-state index in [1.54, 1.807) is 37.3 Å². The van der Waals surface area contributed by atoms with Crippen LogP contribution in [0.4, 0.5) is 22.0 Å². The summed E-state index contributed by atoms with van der Waals surface area (Å²) in [5.41, 5.74) is -0.735. The minimum absolute atomic E-state index is 0.0150. The highest BCUT2D eigenvalue weighted by Gasteiger charge is 2.57. The molecule has 1 aliphatic rings. The van der Waals surface area contributed by atoms with Gasteiger partial charge in [0, 0.05) is 23.8 Å². The van der Waals surface area contributed by atoms with Crippen LogP contribution in [0.25, 0.3) is 0 Å². The van der Waals surface area contributed by atoms with Crippen molar-refractivity contribution >= 4 is 5.97 Å². The van der Waals surface area contributed by atoms with Crippen LogP contribution in [0.2, 0.25) is 0 Å². The van der Waals surface area contributed by atoms with Crippen molar-refractivity contribution in [2.24, 2.45) is 11.3 Å². The molecule has 2 aromatic carbocycles.